The van der Waals surface area contributed by atoms with Gasteiger partial charge in [-0.25, -0.2) is 13.8 Å². The van der Waals surface area contributed by atoms with E-state index in [1.54, 1.807) is 0 Å². The Kier molecular flexibility index (Phi) is 3.82. The van der Waals surface area contributed by atoms with Crippen LogP contribution in [-0.4, -0.2) is 16.1 Å². The Morgan fingerprint density at radius 1 is 1.53 bits per heavy atom. The second kappa shape index (κ2) is 4.72. The largest absolute Gasteiger partial charge is 0.481 e. The molecule has 0 aromatic carbocycles. The van der Waals surface area contributed by atoms with Gasteiger partial charge in [-0.2, -0.15) is 0 Å². The number of carboxylic acids is 1. The number of aromatic nitrogens is 1. The third kappa shape index (κ3) is 3.00. The van der Waals surface area contributed by atoms with Gasteiger partial charge in [0.2, 0.25) is 0 Å². The Morgan fingerprint density at radius 3 is 2.60 bits per heavy atom. The highest BCUT2D eigenvalue weighted by molar-refractivity contribution is 6.42. The second-order valence-electron chi connectivity index (χ2n) is 2.67. The molecule has 0 unspecified atom stereocenters. The van der Waals surface area contributed by atoms with Crippen LogP contribution >= 0.6 is 23.2 Å². The molecular formula is C8H5Cl2F2NO2. The highest BCUT2D eigenvalue weighted by atomic mass is 35.5. The molecule has 3 nitrogen and oxygen atoms in total. The van der Waals surface area contributed by atoms with Crippen molar-refractivity contribution in [1.82, 2.24) is 4.98 Å². The number of halogens is 4. The van der Waals surface area contributed by atoms with Crippen LogP contribution in [0.5, 0.6) is 0 Å². The molecule has 0 aliphatic rings. The number of hydrogen-bond donors (Lipinski definition) is 1. The SMILES string of the molecule is O=C(O)Cc1cc(Cl)c(Cl)c(C(F)F)n1. The van der Waals surface area contributed by atoms with E-state index in [0.717, 1.165) is 6.07 Å². The van der Waals surface area contributed by atoms with Crippen molar-refractivity contribution in [2.24, 2.45) is 0 Å². The molecule has 15 heavy (non-hydrogen) atoms. The highest BCUT2D eigenvalue weighted by Gasteiger charge is 2.18. The minimum atomic E-state index is -2.89. The predicted octanol–water partition coefficient (Wildman–Crippen LogP) is 2.95. The monoisotopic (exact) mass is 255 g/mol. The highest BCUT2D eigenvalue weighted by Crippen LogP contribution is 2.31. The van der Waals surface area contributed by atoms with Crippen LogP contribution in [0.15, 0.2) is 6.07 Å². The van der Waals surface area contributed by atoms with Crippen molar-refractivity contribution >= 4 is 29.2 Å². The Bertz CT molecular complexity index is 398. The molecule has 0 radical (unpaired) electrons. The fourth-order valence-electron chi connectivity index (χ4n) is 0.958. The summed E-state index contributed by atoms with van der Waals surface area (Å²) in [5.74, 6) is -1.18. The van der Waals surface area contributed by atoms with E-state index >= 15 is 0 Å². The first-order valence-corrected chi connectivity index (χ1v) is 4.52. The first-order chi connectivity index (χ1) is 6.91. The quantitative estimate of drug-likeness (QED) is 0.904. The molecule has 0 bridgehead atoms. The van der Waals surface area contributed by atoms with Crippen molar-refractivity contribution in [1.29, 1.82) is 0 Å². The maximum absolute atomic E-state index is 12.4. The summed E-state index contributed by atoms with van der Waals surface area (Å²) in [6.45, 7) is 0. The molecule has 0 atom stereocenters. The van der Waals surface area contributed by atoms with E-state index in [4.69, 9.17) is 28.3 Å². The lowest BCUT2D eigenvalue weighted by molar-refractivity contribution is -0.136. The summed E-state index contributed by atoms with van der Waals surface area (Å²) in [7, 11) is 0. The first-order valence-electron chi connectivity index (χ1n) is 3.76. The number of aliphatic carboxylic acids is 1. The maximum Gasteiger partial charge on any atom is 0.309 e. The molecular weight excluding hydrogens is 251 g/mol. The van der Waals surface area contributed by atoms with Gasteiger partial charge in [0.05, 0.1) is 22.2 Å². The molecule has 1 N–H and O–H groups in total. The molecule has 0 fully saturated rings. The van der Waals surface area contributed by atoms with Crippen LogP contribution in [-0.2, 0) is 11.2 Å². The zero-order valence-electron chi connectivity index (χ0n) is 7.18. The minimum Gasteiger partial charge on any atom is -0.481 e. The molecule has 0 aliphatic heterocycles. The van der Waals surface area contributed by atoms with Crippen molar-refractivity contribution in [2.75, 3.05) is 0 Å². The molecule has 1 aromatic heterocycles. The van der Waals surface area contributed by atoms with Crippen LogP contribution in [0.1, 0.15) is 17.8 Å². The van der Waals surface area contributed by atoms with Gasteiger partial charge in [-0.1, -0.05) is 23.2 Å². The number of nitrogens with zero attached hydrogens (tertiary/aromatic N) is 1. The number of hydrogen-bond acceptors (Lipinski definition) is 2. The topological polar surface area (TPSA) is 50.2 Å². The predicted molar refractivity (Wildman–Crippen MR) is 50.6 cm³/mol. The van der Waals surface area contributed by atoms with Crippen molar-refractivity contribution in [3.8, 4) is 0 Å². The average Bonchev–Trinajstić information content (AvgIpc) is 2.09. The standard InChI is InChI=1S/C8H5Cl2F2NO2/c9-4-1-3(2-5(14)15)13-7(6(4)10)8(11)12/h1,8H,2H2,(H,14,15). The van der Waals surface area contributed by atoms with Crippen LogP contribution in [0.4, 0.5) is 8.78 Å². The molecule has 0 aliphatic carbocycles. The van der Waals surface area contributed by atoms with Crippen LogP contribution < -0.4 is 0 Å². The van der Waals surface area contributed by atoms with Gasteiger partial charge in [0.25, 0.3) is 6.43 Å². The summed E-state index contributed by atoms with van der Waals surface area (Å²) in [6.07, 6.45) is -3.36. The number of carboxylic acid groups (broad SMARTS) is 1. The fraction of sp³-hybridized carbons (Fsp3) is 0.250. The lowest BCUT2D eigenvalue weighted by atomic mass is 10.2. The maximum atomic E-state index is 12.4. The van der Waals surface area contributed by atoms with Crippen LogP contribution in [0, 0.1) is 0 Å². The van der Waals surface area contributed by atoms with Crippen molar-refractivity contribution in [3.63, 3.8) is 0 Å². The van der Waals surface area contributed by atoms with Gasteiger partial charge in [-0.05, 0) is 6.07 Å². The van der Waals surface area contributed by atoms with Gasteiger partial charge in [-0.15, -0.1) is 0 Å². The van der Waals surface area contributed by atoms with E-state index in [-0.39, 0.29) is 15.7 Å². The van der Waals surface area contributed by atoms with Gasteiger partial charge in [0, 0.05) is 0 Å². The fourth-order valence-corrected chi connectivity index (χ4v) is 1.36. The molecule has 1 rings (SSSR count). The van der Waals surface area contributed by atoms with E-state index in [1.807, 2.05) is 0 Å². The molecule has 0 saturated heterocycles. The van der Waals surface area contributed by atoms with Gasteiger partial charge >= 0.3 is 5.97 Å². The summed E-state index contributed by atoms with van der Waals surface area (Å²) < 4.78 is 24.7. The molecule has 7 heteroatoms. The van der Waals surface area contributed by atoms with Crippen molar-refractivity contribution in [3.05, 3.63) is 27.5 Å². The van der Waals surface area contributed by atoms with E-state index in [1.165, 1.54) is 0 Å². The molecule has 1 aromatic rings. The minimum absolute atomic E-state index is 0.0489. The molecule has 0 amide bonds. The number of pyridine rings is 1. The van der Waals surface area contributed by atoms with E-state index in [9.17, 15) is 13.6 Å². The first kappa shape index (κ1) is 12.1. The molecule has 1 heterocycles. The van der Waals surface area contributed by atoms with Gasteiger partial charge in [-0.3, -0.25) is 4.79 Å². The van der Waals surface area contributed by atoms with E-state index < -0.39 is 24.5 Å². The number of rotatable bonds is 3. The lowest BCUT2D eigenvalue weighted by Gasteiger charge is -2.06. The zero-order chi connectivity index (χ0) is 11.6. The van der Waals surface area contributed by atoms with Gasteiger partial charge in [0.1, 0.15) is 5.69 Å². The summed E-state index contributed by atoms with van der Waals surface area (Å²) in [4.78, 5) is 13.8. The van der Waals surface area contributed by atoms with E-state index in [0.29, 0.717) is 0 Å². The van der Waals surface area contributed by atoms with Crippen molar-refractivity contribution in [2.45, 2.75) is 12.8 Å². The third-order valence-corrected chi connectivity index (χ3v) is 2.32. The Morgan fingerprint density at radius 2 is 2.13 bits per heavy atom. The summed E-state index contributed by atoms with van der Waals surface area (Å²) >= 11 is 11.0. The average molecular weight is 256 g/mol. The summed E-state index contributed by atoms with van der Waals surface area (Å²) in [6, 6.07) is 1.16. The summed E-state index contributed by atoms with van der Waals surface area (Å²) in [5.41, 5.74) is -0.743. The van der Waals surface area contributed by atoms with Crippen LogP contribution in [0.25, 0.3) is 0 Å². The Balaban J connectivity index is 3.17. The summed E-state index contributed by atoms with van der Waals surface area (Å²) in [5, 5.41) is 7.98. The van der Waals surface area contributed by atoms with Gasteiger partial charge < -0.3 is 5.11 Å². The zero-order valence-corrected chi connectivity index (χ0v) is 8.69. The third-order valence-electron chi connectivity index (χ3n) is 1.53. The molecule has 82 valence electrons. The number of carbonyl (C=O) groups is 1. The van der Waals surface area contributed by atoms with Crippen LogP contribution in [0.3, 0.4) is 0 Å². The number of alkyl halides is 2. The van der Waals surface area contributed by atoms with Gasteiger partial charge in [0.15, 0.2) is 0 Å². The molecule has 0 spiro atoms. The Labute approximate surface area is 93.6 Å². The normalized spacial score (nSPS) is 10.7. The van der Waals surface area contributed by atoms with E-state index in [2.05, 4.69) is 4.98 Å². The second-order valence-corrected chi connectivity index (χ2v) is 3.45. The van der Waals surface area contributed by atoms with Crippen LogP contribution in [0.2, 0.25) is 10.0 Å². The van der Waals surface area contributed by atoms with Crippen molar-refractivity contribution < 1.29 is 18.7 Å². The smallest absolute Gasteiger partial charge is 0.309 e. The lowest BCUT2D eigenvalue weighted by Crippen LogP contribution is -2.05. The molecule has 0 saturated carbocycles. The Hall–Kier alpha value is -0.940.